The van der Waals surface area contributed by atoms with Crippen molar-refractivity contribution in [2.24, 2.45) is 0 Å². The number of hydrogen-bond donors (Lipinski definition) is 2. The minimum atomic E-state index is -0.269. The topological polar surface area (TPSA) is 96.7 Å². The maximum absolute atomic E-state index is 12.5. The number of urea groups is 1. The van der Waals surface area contributed by atoms with Gasteiger partial charge in [-0.05, 0) is 30.3 Å². The van der Waals surface area contributed by atoms with Gasteiger partial charge in [0, 0.05) is 31.9 Å². The second kappa shape index (κ2) is 7.57. The second-order valence-electron chi connectivity index (χ2n) is 5.92. The van der Waals surface area contributed by atoms with Gasteiger partial charge in [0.1, 0.15) is 5.75 Å². The van der Waals surface area contributed by atoms with Crippen LogP contribution >= 0.6 is 0 Å². The van der Waals surface area contributed by atoms with E-state index < -0.39 is 0 Å². The number of rotatable bonds is 2. The number of phenols is 1. The number of amides is 3. The third kappa shape index (κ3) is 3.75. The molecule has 3 rings (SSSR count). The lowest BCUT2D eigenvalue weighted by Crippen LogP contribution is -2.51. The van der Waals surface area contributed by atoms with Gasteiger partial charge in [-0.25, -0.2) is 4.79 Å². The van der Waals surface area contributed by atoms with Gasteiger partial charge in [-0.3, -0.25) is 4.79 Å². The smallest absolute Gasteiger partial charge is 0.321 e. The Morgan fingerprint density at radius 1 is 1.00 bits per heavy atom. The van der Waals surface area contributed by atoms with Crippen molar-refractivity contribution in [3.05, 3.63) is 59.7 Å². The van der Waals surface area contributed by atoms with Crippen LogP contribution in [0.3, 0.4) is 0 Å². The van der Waals surface area contributed by atoms with Gasteiger partial charge in [-0.1, -0.05) is 18.2 Å². The molecule has 1 aliphatic heterocycles. The lowest BCUT2D eigenvalue weighted by Gasteiger charge is -2.34. The quantitative estimate of drug-likeness (QED) is 0.868. The summed E-state index contributed by atoms with van der Waals surface area (Å²) in [7, 11) is 0. The van der Waals surface area contributed by atoms with Gasteiger partial charge in [0.25, 0.3) is 5.91 Å². The lowest BCUT2D eigenvalue weighted by molar-refractivity contribution is 0.0668. The van der Waals surface area contributed by atoms with Crippen LogP contribution in [0.15, 0.2) is 48.5 Å². The predicted octanol–water partition coefficient (Wildman–Crippen LogP) is 2.25. The molecule has 1 aliphatic rings. The highest BCUT2D eigenvalue weighted by atomic mass is 16.3. The fourth-order valence-electron chi connectivity index (χ4n) is 2.81. The van der Waals surface area contributed by atoms with Crippen molar-refractivity contribution in [2.75, 3.05) is 31.5 Å². The number of anilines is 1. The fourth-order valence-corrected chi connectivity index (χ4v) is 2.81. The van der Waals surface area contributed by atoms with Crippen LogP contribution in [-0.4, -0.2) is 53.0 Å². The average Bonchev–Trinajstić information content (AvgIpc) is 2.68. The van der Waals surface area contributed by atoms with Crippen molar-refractivity contribution >= 4 is 17.6 Å². The normalized spacial score (nSPS) is 13.8. The third-order valence-electron chi connectivity index (χ3n) is 4.23. The summed E-state index contributed by atoms with van der Waals surface area (Å²) in [5, 5.41) is 21.5. The highest BCUT2D eigenvalue weighted by molar-refractivity contribution is 5.97. The Hall–Kier alpha value is -3.53. The number of nitrogens with one attached hydrogen (secondary N) is 1. The van der Waals surface area contributed by atoms with Crippen molar-refractivity contribution in [1.29, 1.82) is 5.26 Å². The Balaban J connectivity index is 1.58. The third-order valence-corrected chi connectivity index (χ3v) is 4.23. The summed E-state index contributed by atoms with van der Waals surface area (Å²) in [5.74, 6) is -0.292. The number of hydrogen-bond acceptors (Lipinski definition) is 4. The second-order valence-corrected chi connectivity index (χ2v) is 5.92. The Kier molecular flexibility index (Phi) is 5.04. The Bertz CT molecular complexity index is 867. The molecule has 2 aromatic rings. The molecule has 7 nitrogen and oxygen atoms in total. The molecule has 2 aromatic carbocycles. The molecule has 1 fully saturated rings. The van der Waals surface area contributed by atoms with E-state index in [0.29, 0.717) is 37.4 Å². The molecule has 0 aliphatic carbocycles. The first-order valence-corrected chi connectivity index (χ1v) is 8.22. The molecule has 1 saturated heterocycles. The van der Waals surface area contributed by atoms with Crippen molar-refractivity contribution in [1.82, 2.24) is 9.80 Å². The molecule has 0 spiro atoms. The van der Waals surface area contributed by atoms with Crippen LogP contribution in [0.1, 0.15) is 15.9 Å². The Morgan fingerprint density at radius 2 is 1.69 bits per heavy atom. The number of piperazine rings is 1. The van der Waals surface area contributed by atoms with Gasteiger partial charge in [-0.2, -0.15) is 5.26 Å². The van der Waals surface area contributed by atoms with E-state index in [1.54, 1.807) is 52.3 Å². The van der Waals surface area contributed by atoms with E-state index in [4.69, 9.17) is 5.26 Å². The number of aromatic hydroxyl groups is 1. The fraction of sp³-hybridized carbons (Fsp3) is 0.211. The zero-order chi connectivity index (χ0) is 18.5. The highest BCUT2D eigenvalue weighted by Crippen LogP contribution is 2.19. The molecule has 3 amide bonds. The minimum Gasteiger partial charge on any atom is -0.507 e. The van der Waals surface area contributed by atoms with E-state index >= 15 is 0 Å². The first-order chi connectivity index (χ1) is 12.6. The van der Waals surface area contributed by atoms with Gasteiger partial charge in [0.05, 0.1) is 17.2 Å². The largest absolute Gasteiger partial charge is 0.507 e. The zero-order valence-electron chi connectivity index (χ0n) is 14.1. The van der Waals surface area contributed by atoms with Gasteiger partial charge in [-0.15, -0.1) is 0 Å². The van der Waals surface area contributed by atoms with Gasteiger partial charge in [0.15, 0.2) is 0 Å². The number of benzene rings is 2. The molecular formula is C19H18N4O3. The van der Waals surface area contributed by atoms with E-state index in [1.165, 1.54) is 6.07 Å². The molecular weight excluding hydrogens is 332 g/mol. The minimum absolute atomic E-state index is 0.0463. The number of nitrogens with zero attached hydrogens (tertiary/aromatic N) is 3. The first kappa shape index (κ1) is 17.3. The Morgan fingerprint density at radius 3 is 2.38 bits per heavy atom. The summed E-state index contributed by atoms with van der Waals surface area (Å²) in [6.07, 6.45) is 0. The summed E-state index contributed by atoms with van der Waals surface area (Å²) in [6, 6.07) is 14.9. The van der Waals surface area contributed by atoms with Gasteiger partial charge >= 0.3 is 6.03 Å². The van der Waals surface area contributed by atoms with E-state index in [2.05, 4.69) is 5.32 Å². The van der Waals surface area contributed by atoms with E-state index in [1.807, 2.05) is 6.07 Å². The zero-order valence-corrected chi connectivity index (χ0v) is 14.1. The molecule has 0 aromatic heterocycles. The number of para-hydroxylation sites is 1. The number of nitriles is 1. The first-order valence-electron chi connectivity index (χ1n) is 8.22. The van der Waals surface area contributed by atoms with Crippen LogP contribution in [0.25, 0.3) is 0 Å². The average molecular weight is 350 g/mol. The summed E-state index contributed by atoms with van der Waals surface area (Å²) >= 11 is 0. The standard InChI is InChI=1S/C19H18N4O3/c20-13-14-4-3-5-15(12-14)21-19(26)23-10-8-22(9-11-23)18(25)16-6-1-2-7-17(16)24/h1-7,12,24H,8-11H2,(H,21,26). The molecule has 0 radical (unpaired) electrons. The van der Waals surface area contributed by atoms with Crippen molar-refractivity contribution in [2.45, 2.75) is 0 Å². The molecule has 2 N–H and O–H groups in total. The van der Waals surface area contributed by atoms with Crippen LogP contribution in [-0.2, 0) is 0 Å². The van der Waals surface area contributed by atoms with Crippen molar-refractivity contribution in [3.8, 4) is 11.8 Å². The van der Waals surface area contributed by atoms with Crippen molar-refractivity contribution < 1.29 is 14.7 Å². The number of carbonyl (C=O) groups excluding carboxylic acids is 2. The summed E-state index contributed by atoms with van der Waals surface area (Å²) in [4.78, 5) is 28.1. The molecule has 0 unspecified atom stereocenters. The number of phenolic OH excluding ortho intramolecular Hbond substituents is 1. The van der Waals surface area contributed by atoms with Crippen molar-refractivity contribution in [3.63, 3.8) is 0 Å². The molecule has 26 heavy (non-hydrogen) atoms. The highest BCUT2D eigenvalue weighted by Gasteiger charge is 2.26. The SMILES string of the molecule is N#Cc1cccc(NC(=O)N2CCN(C(=O)c3ccccc3O)CC2)c1. The summed E-state index contributed by atoms with van der Waals surface area (Å²) < 4.78 is 0. The van der Waals surface area contributed by atoms with Crippen LogP contribution in [0.4, 0.5) is 10.5 Å². The van der Waals surface area contributed by atoms with Gasteiger partial charge in [0.2, 0.25) is 0 Å². The summed E-state index contributed by atoms with van der Waals surface area (Å²) in [6.45, 7) is 1.56. The molecule has 1 heterocycles. The monoisotopic (exact) mass is 350 g/mol. The van der Waals surface area contributed by atoms with Gasteiger partial charge < -0.3 is 20.2 Å². The van der Waals surface area contributed by atoms with Crippen LogP contribution in [0.2, 0.25) is 0 Å². The van der Waals surface area contributed by atoms with E-state index in [-0.39, 0.29) is 23.3 Å². The molecule has 132 valence electrons. The van der Waals surface area contributed by atoms with E-state index in [9.17, 15) is 14.7 Å². The van der Waals surface area contributed by atoms with Crippen LogP contribution < -0.4 is 5.32 Å². The summed E-state index contributed by atoms with van der Waals surface area (Å²) in [5.41, 5.74) is 1.29. The maximum Gasteiger partial charge on any atom is 0.321 e. The molecule has 0 bridgehead atoms. The Labute approximate surface area is 151 Å². The molecule has 0 saturated carbocycles. The predicted molar refractivity (Wildman–Crippen MR) is 95.8 cm³/mol. The lowest BCUT2D eigenvalue weighted by atomic mass is 10.1. The maximum atomic E-state index is 12.5. The van der Waals surface area contributed by atoms with Crippen LogP contribution in [0, 0.1) is 11.3 Å². The van der Waals surface area contributed by atoms with Crippen LogP contribution in [0.5, 0.6) is 5.75 Å². The van der Waals surface area contributed by atoms with E-state index in [0.717, 1.165) is 0 Å². The molecule has 0 atom stereocenters. The number of carbonyl (C=O) groups is 2. The molecule has 7 heteroatoms.